The molecular formula is C18H26N4O3. The molecule has 3 atom stereocenters. The lowest BCUT2D eigenvalue weighted by Gasteiger charge is -2.29. The van der Waals surface area contributed by atoms with Gasteiger partial charge in [-0.2, -0.15) is 0 Å². The highest BCUT2D eigenvalue weighted by atomic mass is 16.5. The number of anilines is 1. The number of morpholine rings is 1. The van der Waals surface area contributed by atoms with E-state index in [2.05, 4.69) is 15.5 Å². The smallest absolute Gasteiger partial charge is 0.244 e. The minimum atomic E-state index is -0.352. The molecule has 1 aromatic rings. The predicted octanol–water partition coefficient (Wildman–Crippen LogP) is 0.452. The van der Waals surface area contributed by atoms with Gasteiger partial charge in [-0.05, 0) is 44.0 Å². The van der Waals surface area contributed by atoms with Crippen LogP contribution in [-0.2, 0) is 20.9 Å². The van der Waals surface area contributed by atoms with Gasteiger partial charge in [0.25, 0.3) is 0 Å². The quantitative estimate of drug-likeness (QED) is 0.719. The van der Waals surface area contributed by atoms with E-state index in [0.29, 0.717) is 19.7 Å². The molecule has 1 aromatic carbocycles. The fourth-order valence-corrected chi connectivity index (χ4v) is 3.57. The lowest BCUT2D eigenvalue weighted by molar-refractivity contribution is -0.124. The van der Waals surface area contributed by atoms with Crippen LogP contribution in [-0.4, -0.2) is 54.6 Å². The molecule has 2 aliphatic rings. The molecule has 4 N–H and O–H groups in total. The summed E-state index contributed by atoms with van der Waals surface area (Å²) < 4.78 is 5.52. The summed E-state index contributed by atoms with van der Waals surface area (Å²) in [6.07, 6.45) is 1.64. The second kappa shape index (κ2) is 7.95. The summed E-state index contributed by atoms with van der Waals surface area (Å²) in [4.78, 5) is 26.1. The molecule has 0 spiro atoms. The standard InChI is InChI=1S/C18H26N4O3/c1-12-16(20-7-9-25-12)18(24)21-14-5-2-4-13(10-14)11-22-8-3-6-15(22)17(19)23/h2,4-5,10,12,15-16,20H,3,6-9,11H2,1H3,(H2,19,23)(H,21,24)/t12-,15?,16+/m1/s1. The molecule has 0 radical (unpaired) electrons. The molecule has 0 aromatic heterocycles. The summed E-state index contributed by atoms with van der Waals surface area (Å²) in [6.45, 7) is 4.71. The van der Waals surface area contributed by atoms with Crippen LogP contribution in [0.4, 0.5) is 5.69 Å². The molecule has 0 saturated carbocycles. The van der Waals surface area contributed by atoms with Gasteiger partial charge in [0.2, 0.25) is 11.8 Å². The third kappa shape index (κ3) is 4.36. The first-order chi connectivity index (χ1) is 12.0. The van der Waals surface area contributed by atoms with Gasteiger partial charge in [-0.1, -0.05) is 12.1 Å². The molecule has 25 heavy (non-hydrogen) atoms. The molecule has 1 unspecified atom stereocenters. The highest BCUT2D eigenvalue weighted by molar-refractivity contribution is 5.95. The van der Waals surface area contributed by atoms with E-state index in [0.717, 1.165) is 30.6 Å². The first-order valence-electron chi connectivity index (χ1n) is 8.83. The summed E-state index contributed by atoms with van der Waals surface area (Å²) in [5.41, 5.74) is 7.27. The summed E-state index contributed by atoms with van der Waals surface area (Å²) in [7, 11) is 0. The number of carbonyl (C=O) groups excluding carboxylic acids is 2. The molecule has 2 saturated heterocycles. The lowest BCUT2D eigenvalue weighted by Crippen LogP contribution is -2.53. The van der Waals surface area contributed by atoms with Crippen molar-refractivity contribution in [1.29, 1.82) is 0 Å². The number of nitrogens with one attached hydrogen (secondary N) is 2. The number of benzene rings is 1. The van der Waals surface area contributed by atoms with E-state index in [9.17, 15) is 9.59 Å². The Balaban J connectivity index is 1.63. The molecular weight excluding hydrogens is 320 g/mol. The fourth-order valence-electron chi connectivity index (χ4n) is 3.57. The van der Waals surface area contributed by atoms with E-state index >= 15 is 0 Å². The average molecular weight is 346 g/mol. The molecule has 2 fully saturated rings. The monoisotopic (exact) mass is 346 g/mol. The largest absolute Gasteiger partial charge is 0.375 e. The minimum absolute atomic E-state index is 0.0967. The van der Waals surface area contributed by atoms with Crippen molar-refractivity contribution in [3.8, 4) is 0 Å². The Morgan fingerprint density at radius 1 is 1.44 bits per heavy atom. The number of carbonyl (C=O) groups is 2. The number of nitrogens with zero attached hydrogens (tertiary/aromatic N) is 1. The molecule has 2 aliphatic heterocycles. The number of nitrogens with two attached hydrogens (primary N) is 1. The zero-order valence-corrected chi connectivity index (χ0v) is 14.5. The van der Waals surface area contributed by atoms with Crippen molar-refractivity contribution in [2.24, 2.45) is 5.73 Å². The second-order valence-electron chi connectivity index (χ2n) is 6.73. The Bertz CT molecular complexity index is 637. The van der Waals surface area contributed by atoms with Gasteiger partial charge in [0.1, 0.15) is 6.04 Å². The highest BCUT2D eigenvalue weighted by Crippen LogP contribution is 2.21. The Morgan fingerprint density at radius 2 is 2.28 bits per heavy atom. The fraction of sp³-hybridized carbons (Fsp3) is 0.556. The summed E-state index contributed by atoms with van der Waals surface area (Å²) in [5, 5.41) is 6.13. The van der Waals surface area contributed by atoms with Crippen molar-refractivity contribution in [3.63, 3.8) is 0 Å². The van der Waals surface area contributed by atoms with Crippen LogP contribution in [0.1, 0.15) is 25.3 Å². The number of hydrogen-bond acceptors (Lipinski definition) is 5. The molecule has 136 valence electrons. The van der Waals surface area contributed by atoms with Crippen LogP contribution in [0.3, 0.4) is 0 Å². The number of rotatable bonds is 5. The summed E-state index contributed by atoms with van der Waals surface area (Å²) in [5.74, 6) is -0.361. The maximum absolute atomic E-state index is 12.4. The van der Waals surface area contributed by atoms with Gasteiger partial charge in [-0.3, -0.25) is 14.5 Å². The van der Waals surface area contributed by atoms with Gasteiger partial charge in [0.05, 0.1) is 18.8 Å². The number of amides is 2. The van der Waals surface area contributed by atoms with E-state index in [4.69, 9.17) is 10.5 Å². The van der Waals surface area contributed by atoms with Crippen LogP contribution < -0.4 is 16.4 Å². The van der Waals surface area contributed by atoms with Crippen LogP contribution in [0.15, 0.2) is 24.3 Å². The average Bonchev–Trinajstić information content (AvgIpc) is 3.04. The Labute approximate surface area is 147 Å². The van der Waals surface area contributed by atoms with Gasteiger partial charge in [-0.25, -0.2) is 0 Å². The molecule has 0 aliphatic carbocycles. The minimum Gasteiger partial charge on any atom is -0.375 e. The van der Waals surface area contributed by atoms with E-state index < -0.39 is 0 Å². The van der Waals surface area contributed by atoms with Crippen molar-refractivity contribution in [2.75, 3.05) is 25.0 Å². The maximum atomic E-state index is 12.4. The molecule has 7 heteroatoms. The Kier molecular flexibility index (Phi) is 5.67. The number of ether oxygens (including phenoxy) is 1. The Morgan fingerprint density at radius 3 is 3.04 bits per heavy atom. The molecule has 2 amide bonds. The zero-order chi connectivity index (χ0) is 17.8. The highest BCUT2D eigenvalue weighted by Gasteiger charge is 2.30. The van der Waals surface area contributed by atoms with Crippen molar-refractivity contribution in [1.82, 2.24) is 10.2 Å². The maximum Gasteiger partial charge on any atom is 0.244 e. The third-order valence-electron chi connectivity index (χ3n) is 4.87. The third-order valence-corrected chi connectivity index (χ3v) is 4.87. The number of primary amides is 1. The van der Waals surface area contributed by atoms with Crippen molar-refractivity contribution in [3.05, 3.63) is 29.8 Å². The molecule has 7 nitrogen and oxygen atoms in total. The van der Waals surface area contributed by atoms with Gasteiger partial charge in [0, 0.05) is 18.8 Å². The van der Waals surface area contributed by atoms with Crippen LogP contribution >= 0.6 is 0 Å². The van der Waals surface area contributed by atoms with Crippen LogP contribution in [0, 0.1) is 0 Å². The molecule has 2 heterocycles. The van der Waals surface area contributed by atoms with Gasteiger partial charge in [0.15, 0.2) is 0 Å². The second-order valence-corrected chi connectivity index (χ2v) is 6.73. The van der Waals surface area contributed by atoms with Gasteiger partial charge < -0.3 is 21.1 Å². The van der Waals surface area contributed by atoms with E-state index in [1.807, 2.05) is 31.2 Å². The van der Waals surface area contributed by atoms with E-state index in [1.165, 1.54) is 0 Å². The SMILES string of the molecule is C[C@H]1OCCN[C@@H]1C(=O)Nc1cccc(CN2CCCC2C(N)=O)c1. The Hall–Kier alpha value is -1.96. The van der Waals surface area contributed by atoms with Crippen LogP contribution in [0.5, 0.6) is 0 Å². The van der Waals surface area contributed by atoms with Crippen LogP contribution in [0.25, 0.3) is 0 Å². The molecule has 3 rings (SSSR count). The van der Waals surface area contributed by atoms with Crippen LogP contribution in [0.2, 0.25) is 0 Å². The zero-order valence-electron chi connectivity index (χ0n) is 14.5. The van der Waals surface area contributed by atoms with Crippen molar-refractivity contribution >= 4 is 17.5 Å². The van der Waals surface area contributed by atoms with Crippen molar-refractivity contribution < 1.29 is 14.3 Å². The predicted molar refractivity (Wildman–Crippen MR) is 94.9 cm³/mol. The summed E-state index contributed by atoms with van der Waals surface area (Å²) >= 11 is 0. The van der Waals surface area contributed by atoms with E-state index in [-0.39, 0.29) is 30.0 Å². The number of likely N-dealkylation sites (tertiary alicyclic amines) is 1. The van der Waals surface area contributed by atoms with Crippen molar-refractivity contribution in [2.45, 2.75) is 44.5 Å². The topological polar surface area (TPSA) is 96.7 Å². The molecule has 0 bridgehead atoms. The normalized spacial score (nSPS) is 27.2. The first kappa shape index (κ1) is 17.8. The number of hydrogen-bond donors (Lipinski definition) is 3. The van der Waals surface area contributed by atoms with Gasteiger partial charge in [-0.15, -0.1) is 0 Å². The summed E-state index contributed by atoms with van der Waals surface area (Å²) in [6, 6.07) is 7.18. The first-order valence-corrected chi connectivity index (χ1v) is 8.83. The lowest BCUT2D eigenvalue weighted by atomic mass is 10.1. The van der Waals surface area contributed by atoms with E-state index in [1.54, 1.807) is 0 Å². The van der Waals surface area contributed by atoms with Gasteiger partial charge >= 0.3 is 0 Å².